The molecule has 126 valence electrons. The zero-order valence-electron chi connectivity index (χ0n) is 13.4. The Labute approximate surface area is 145 Å². The highest BCUT2D eigenvalue weighted by Gasteiger charge is 2.16. The van der Waals surface area contributed by atoms with Crippen LogP contribution in [0.25, 0.3) is 11.4 Å². The average Bonchev–Trinajstić information content (AvgIpc) is 3.23. The lowest BCUT2D eigenvalue weighted by Gasteiger charge is -2.16. The van der Waals surface area contributed by atoms with E-state index in [1.54, 1.807) is 48.9 Å². The molecule has 24 heavy (non-hydrogen) atoms. The van der Waals surface area contributed by atoms with Gasteiger partial charge in [-0.3, -0.25) is 0 Å². The first kappa shape index (κ1) is 16.9. The number of methoxy groups -OCH3 is 1. The highest BCUT2D eigenvalue weighted by molar-refractivity contribution is 7.90. The predicted molar refractivity (Wildman–Crippen MR) is 94.8 cm³/mol. The minimum Gasteiger partial charge on any atom is -0.374 e. The third kappa shape index (κ3) is 3.58. The number of thiophene rings is 1. The van der Waals surface area contributed by atoms with Gasteiger partial charge in [0.1, 0.15) is 11.9 Å². The molecule has 0 radical (unpaired) electrons. The third-order valence-electron chi connectivity index (χ3n) is 3.76. The maximum atomic E-state index is 11.6. The second kappa shape index (κ2) is 6.88. The Morgan fingerprint density at radius 2 is 2.00 bits per heavy atom. The molecule has 0 saturated heterocycles. The number of hydrogen-bond donors (Lipinski definition) is 0. The zero-order chi connectivity index (χ0) is 17.2. The number of imidazole rings is 1. The number of hydrogen-bond acceptors (Lipinski definition) is 5. The van der Waals surface area contributed by atoms with Gasteiger partial charge in [0.2, 0.25) is 0 Å². The molecule has 1 aromatic carbocycles. The fourth-order valence-electron chi connectivity index (χ4n) is 2.50. The average molecular weight is 362 g/mol. The smallest absolute Gasteiger partial charge is 0.175 e. The van der Waals surface area contributed by atoms with Gasteiger partial charge in [-0.05, 0) is 35.7 Å². The zero-order valence-corrected chi connectivity index (χ0v) is 15.0. The maximum absolute atomic E-state index is 11.6. The molecule has 0 bridgehead atoms. The van der Waals surface area contributed by atoms with Crippen molar-refractivity contribution in [3.05, 3.63) is 59.0 Å². The number of benzene rings is 1. The molecule has 3 aromatic rings. The number of nitrogens with zero attached hydrogens (tertiary/aromatic N) is 2. The van der Waals surface area contributed by atoms with Crippen LogP contribution in [0.15, 0.2) is 59.1 Å². The van der Waals surface area contributed by atoms with Gasteiger partial charge in [0.25, 0.3) is 0 Å². The van der Waals surface area contributed by atoms with E-state index in [1.165, 1.54) is 6.26 Å². The van der Waals surface area contributed by atoms with E-state index in [-0.39, 0.29) is 6.10 Å². The summed E-state index contributed by atoms with van der Waals surface area (Å²) in [5, 5.41) is 2.03. The lowest BCUT2D eigenvalue weighted by Crippen LogP contribution is -2.10. The van der Waals surface area contributed by atoms with Crippen LogP contribution < -0.4 is 0 Å². The summed E-state index contributed by atoms with van der Waals surface area (Å²) in [5.74, 6) is 0.786. The summed E-state index contributed by atoms with van der Waals surface area (Å²) in [6, 6.07) is 10.8. The molecule has 1 unspecified atom stereocenters. The van der Waals surface area contributed by atoms with Gasteiger partial charge >= 0.3 is 0 Å². The summed E-state index contributed by atoms with van der Waals surface area (Å²) in [6.45, 7) is 0.639. The molecule has 0 aliphatic rings. The highest BCUT2D eigenvalue weighted by Crippen LogP contribution is 2.26. The van der Waals surface area contributed by atoms with Crippen molar-refractivity contribution >= 4 is 21.2 Å². The van der Waals surface area contributed by atoms with E-state index in [9.17, 15) is 8.42 Å². The van der Waals surface area contributed by atoms with Crippen LogP contribution in [0.5, 0.6) is 0 Å². The summed E-state index contributed by atoms with van der Waals surface area (Å²) >= 11 is 1.66. The van der Waals surface area contributed by atoms with Crippen molar-refractivity contribution in [3.8, 4) is 11.4 Å². The molecule has 0 N–H and O–H groups in total. The van der Waals surface area contributed by atoms with E-state index >= 15 is 0 Å². The van der Waals surface area contributed by atoms with Gasteiger partial charge in [-0.2, -0.15) is 0 Å². The molecule has 7 heteroatoms. The van der Waals surface area contributed by atoms with Crippen LogP contribution in [-0.4, -0.2) is 31.3 Å². The van der Waals surface area contributed by atoms with Gasteiger partial charge in [0, 0.05) is 36.2 Å². The molecule has 0 fully saturated rings. The SMILES string of the molecule is COC(Cn1ccnc1-c1ccc(S(C)(=O)=O)cc1)c1cccs1. The van der Waals surface area contributed by atoms with Crippen LogP contribution >= 0.6 is 11.3 Å². The molecule has 5 nitrogen and oxygen atoms in total. The summed E-state index contributed by atoms with van der Waals surface area (Å²) in [4.78, 5) is 5.87. The second-order valence-corrected chi connectivity index (χ2v) is 8.43. The van der Waals surface area contributed by atoms with Crippen molar-refractivity contribution in [2.75, 3.05) is 13.4 Å². The van der Waals surface area contributed by atoms with Crippen LogP contribution in [0, 0.1) is 0 Å². The molecular formula is C17H18N2O3S2. The van der Waals surface area contributed by atoms with Gasteiger partial charge in [0.05, 0.1) is 11.4 Å². The standard InChI is InChI=1S/C17H18N2O3S2/c1-22-15(16-4-3-11-23-16)12-19-10-9-18-17(19)13-5-7-14(8-6-13)24(2,20)21/h3-11,15H,12H2,1-2H3. The Morgan fingerprint density at radius 1 is 1.25 bits per heavy atom. The molecule has 0 saturated carbocycles. The van der Waals surface area contributed by atoms with E-state index in [1.807, 2.05) is 22.2 Å². The largest absolute Gasteiger partial charge is 0.374 e. The van der Waals surface area contributed by atoms with Crippen molar-refractivity contribution in [2.45, 2.75) is 17.5 Å². The maximum Gasteiger partial charge on any atom is 0.175 e. The van der Waals surface area contributed by atoms with Crippen LogP contribution in [0.3, 0.4) is 0 Å². The first-order valence-corrected chi connectivity index (χ1v) is 10.1. The fraction of sp³-hybridized carbons (Fsp3) is 0.235. The first-order chi connectivity index (χ1) is 11.5. The number of ether oxygens (including phenoxy) is 1. The minimum absolute atomic E-state index is 0.0479. The van der Waals surface area contributed by atoms with Gasteiger partial charge < -0.3 is 9.30 Å². The first-order valence-electron chi connectivity index (χ1n) is 7.37. The summed E-state index contributed by atoms with van der Waals surface area (Å²) in [5.41, 5.74) is 0.869. The predicted octanol–water partition coefficient (Wildman–Crippen LogP) is 3.40. The van der Waals surface area contributed by atoms with Crippen molar-refractivity contribution in [2.24, 2.45) is 0 Å². The minimum atomic E-state index is -3.20. The van der Waals surface area contributed by atoms with E-state index in [0.29, 0.717) is 11.4 Å². The van der Waals surface area contributed by atoms with Crippen LogP contribution in [-0.2, 0) is 21.1 Å². The molecule has 0 aliphatic heterocycles. The Balaban J connectivity index is 1.87. The lowest BCUT2D eigenvalue weighted by molar-refractivity contribution is 0.0911. The third-order valence-corrected chi connectivity index (χ3v) is 5.86. The fourth-order valence-corrected chi connectivity index (χ4v) is 3.93. The number of sulfone groups is 1. The van der Waals surface area contributed by atoms with Crippen LogP contribution in [0.1, 0.15) is 11.0 Å². The molecule has 1 atom stereocenters. The second-order valence-electron chi connectivity index (χ2n) is 5.44. The Bertz CT molecular complexity index is 898. The van der Waals surface area contributed by atoms with E-state index in [2.05, 4.69) is 11.1 Å². The van der Waals surface area contributed by atoms with E-state index in [0.717, 1.165) is 16.3 Å². The molecule has 0 spiro atoms. The van der Waals surface area contributed by atoms with Gasteiger partial charge in [-0.25, -0.2) is 13.4 Å². The van der Waals surface area contributed by atoms with Crippen LogP contribution in [0.2, 0.25) is 0 Å². The molecular weight excluding hydrogens is 344 g/mol. The summed E-state index contributed by atoms with van der Waals surface area (Å²) < 4.78 is 30.8. The van der Waals surface area contributed by atoms with Crippen molar-refractivity contribution < 1.29 is 13.2 Å². The van der Waals surface area contributed by atoms with E-state index < -0.39 is 9.84 Å². The van der Waals surface area contributed by atoms with Gasteiger partial charge in [-0.15, -0.1) is 11.3 Å². The normalized spacial score (nSPS) is 13.1. The van der Waals surface area contributed by atoms with Gasteiger partial charge in [0.15, 0.2) is 9.84 Å². The number of rotatable bonds is 6. The summed E-state index contributed by atoms with van der Waals surface area (Å²) in [6.07, 6.45) is 4.79. The topological polar surface area (TPSA) is 61.2 Å². The Hall–Kier alpha value is -1.96. The summed E-state index contributed by atoms with van der Waals surface area (Å²) in [7, 11) is -1.50. The lowest BCUT2D eigenvalue weighted by atomic mass is 10.2. The van der Waals surface area contributed by atoms with Crippen molar-refractivity contribution in [1.82, 2.24) is 9.55 Å². The Morgan fingerprint density at radius 3 is 2.58 bits per heavy atom. The van der Waals surface area contributed by atoms with E-state index in [4.69, 9.17) is 4.74 Å². The highest BCUT2D eigenvalue weighted by atomic mass is 32.2. The van der Waals surface area contributed by atoms with Crippen LogP contribution in [0.4, 0.5) is 0 Å². The molecule has 2 aromatic heterocycles. The Kier molecular flexibility index (Phi) is 4.84. The molecule has 0 amide bonds. The molecule has 2 heterocycles. The molecule has 3 rings (SSSR count). The van der Waals surface area contributed by atoms with Gasteiger partial charge in [-0.1, -0.05) is 6.07 Å². The quantitative estimate of drug-likeness (QED) is 0.674. The number of aromatic nitrogens is 2. The van der Waals surface area contributed by atoms with Crippen molar-refractivity contribution in [3.63, 3.8) is 0 Å². The molecule has 0 aliphatic carbocycles. The monoisotopic (exact) mass is 362 g/mol. The van der Waals surface area contributed by atoms with Crippen molar-refractivity contribution in [1.29, 1.82) is 0 Å².